The Bertz CT molecular complexity index is 1100. The third kappa shape index (κ3) is 28.6. The van der Waals surface area contributed by atoms with E-state index in [1.165, 1.54) is 27.0 Å². The van der Waals surface area contributed by atoms with E-state index < -0.39 is 40.8 Å². The number of primary amides is 1. The van der Waals surface area contributed by atoms with E-state index in [0.717, 1.165) is 6.92 Å². The highest BCUT2D eigenvalue weighted by molar-refractivity contribution is 8.24. The summed E-state index contributed by atoms with van der Waals surface area (Å²) < 4.78 is 45.3. The van der Waals surface area contributed by atoms with Crippen molar-refractivity contribution in [2.45, 2.75) is 61.1 Å². The van der Waals surface area contributed by atoms with E-state index in [9.17, 15) is 46.5 Å². The molecule has 0 unspecified atom stereocenters. The third-order valence-electron chi connectivity index (χ3n) is 3.22. The van der Waals surface area contributed by atoms with Crippen LogP contribution in [0.3, 0.4) is 0 Å². The van der Waals surface area contributed by atoms with Gasteiger partial charge in [0.25, 0.3) is 5.78 Å². The smallest absolute Gasteiger partial charge is 0.369 e. The number of aryl methyl sites for hydroxylation is 1. The van der Waals surface area contributed by atoms with E-state index in [-0.39, 0.29) is 36.5 Å². The first-order valence-corrected chi connectivity index (χ1v) is 14.5. The van der Waals surface area contributed by atoms with Crippen LogP contribution in [0.15, 0.2) is 17.8 Å². The molecule has 0 saturated carbocycles. The third-order valence-corrected chi connectivity index (χ3v) is 3.40. The zero-order chi connectivity index (χ0) is 31.0. The average Bonchev–Trinajstić information content (AvgIpc) is 2.65. The van der Waals surface area contributed by atoms with Gasteiger partial charge in [0.1, 0.15) is 11.6 Å². The molecular formula is C21H27Cl4F3N3O7P. The van der Waals surface area contributed by atoms with E-state index in [2.05, 4.69) is 49.4 Å². The van der Waals surface area contributed by atoms with Gasteiger partial charge in [-0.05, 0) is 79.9 Å². The highest BCUT2D eigenvalue weighted by Gasteiger charge is 2.41. The quantitative estimate of drug-likeness (QED) is 0.0897. The Kier molecular flexibility index (Phi) is 23.3. The van der Waals surface area contributed by atoms with Crippen LogP contribution in [-0.4, -0.2) is 51.0 Å². The molecule has 0 fully saturated rings. The Balaban J connectivity index is -0.000000224. The molecule has 10 nitrogen and oxygen atoms in total. The Hall–Kier alpha value is -2.18. The minimum absolute atomic E-state index is 0. The van der Waals surface area contributed by atoms with Crippen molar-refractivity contribution in [1.29, 1.82) is 0 Å². The number of ketones is 5. The molecular weight excluding hydrogens is 636 g/mol. The molecule has 1 rings (SSSR count). The average molecular weight is 663 g/mol. The van der Waals surface area contributed by atoms with Gasteiger partial charge in [-0.25, -0.2) is 9.97 Å². The number of allylic oxidation sites excluding steroid dienone is 1. The molecule has 0 atom stereocenters. The summed E-state index contributed by atoms with van der Waals surface area (Å²) >= 11 is 19.3. The lowest BCUT2D eigenvalue weighted by atomic mass is 10.1. The van der Waals surface area contributed by atoms with Crippen molar-refractivity contribution < 1.29 is 46.5 Å². The zero-order valence-corrected chi connectivity index (χ0v) is 24.4. The SMILES string of the molecule is C.CC(=O)/C(=C\CC(N)=O)C(=O)C(F)(F)F.CC(=O)CC(C)=O.CC(=O)c1cnc(Cl)nc1C.O=P(Cl)(Cl)Cl. The standard InChI is InChI=1S/C8H8F3NO3.C7H7ClN2O.C5H8O2.CH4.Cl3OP/c1-4(13)5(2-3-6(12)14)7(15)8(9,10)11;1-4-6(5(2)11)3-9-7(8)10-4;1-4(6)3-5(2)7;;1-5(2,3)4/h2H,3H2,1H3,(H2,12,14);3H,1-2H3;3H2,1-2H3;1H4;/b5-2+;;;;. The van der Waals surface area contributed by atoms with Crippen LogP contribution in [0.5, 0.6) is 0 Å². The maximum atomic E-state index is 11.9. The molecule has 0 aliphatic rings. The summed E-state index contributed by atoms with van der Waals surface area (Å²) in [6.45, 7) is 6.81. The maximum absolute atomic E-state index is 11.9. The first-order chi connectivity index (χ1) is 16.9. The number of aromatic nitrogens is 2. The predicted molar refractivity (Wildman–Crippen MR) is 143 cm³/mol. The van der Waals surface area contributed by atoms with Gasteiger partial charge in [0.2, 0.25) is 11.2 Å². The van der Waals surface area contributed by atoms with Gasteiger partial charge in [0, 0.05) is 12.6 Å². The van der Waals surface area contributed by atoms with Crippen molar-refractivity contribution >= 4 is 85.3 Å². The van der Waals surface area contributed by atoms with Gasteiger partial charge in [0.15, 0.2) is 11.6 Å². The van der Waals surface area contributed by atoms with E-state index in [1.54, 1.807) is 6.92 Å². The van der Waals surface area contributed by atoms with Gasteiger partial charge in [0.05, 0.1) is 23.3 Å². The van der Waals surface area contributed by atoms with Crippen LogP contribution in [0, 0.1) is 6.92 Å². The van der Waals surface area contributed by atoms with Crippen LogP contribution < -0.4 is 5.73 Å². The van der Waals surface area contributed by atoms with Gasteiger partial charge >= 0.3 is 11.4 Å². The molecule has 0 spiro atoms. The van der Waals surface area contributed by atoms with Crippen LogP contribution in [0.1, 0.15) is 64.0 Å². The molecule has 1 aromatic rings. The molecule has 18 heteroatoms. The molecule has 2 N–H and O–H groups in total. The molecule has 0 bridgehead atoms. The monoisotopic (exact) mass is 661 g/mol. The molecule has 0 radical (unpaired) electrons. The number of carbonyl (C=O) groups excluding carboxylic acids is 6. The summed E-state index contributed by atoms with van der Waals surface area (Å²) in [5.41, 5.74) is 4.74. The fourth-order valence-electron chi connectivity index (χ4n) is 1.89. The number of nitrogens with two attached hydrogens (primary N) is 1. The van der Waals surface area contributed by atoms with E-state index >= 15 is 0 Å². The van der Waals surface area contributed by atoms with Crippen LogP contribution in [0.25, 0.3) is 0 Å². The molecule has 0 saturated heterocycles. The molecule has 1 aromatic heterocycles. The fraction of sp³-hybridized carbons (Fsp3) is 0.429. The lowest BCUT2D eigenvalue weighted by Crippen LogP contribution is -2.27. The Morgan fingerprint density at radius 3 is 1.64 bits per heavy atom. The van der Waals surface area contributed by atoms with Gasteiger partial charge in [-0.3, -0.25) is 33.3 Å². The number of hydrogen-bond acceptors (Lipinski definition) is 9. The number of hydrogen-bond donors (Lipinski definition) is 1. The maximum Gasteiger partial charge on any atom is 0.454 e. The molecule has 1 heterocycles. The lowest BCUT2D eigenvalue weighted by Gasteiger charge is -2.05. The zero-order valence-electron chi connectivity index (χ0n) is 20.5. The van der Waals surface area contributed by atoms with Gasteiger partial charge in [-0.1, -0.05) is 13.5 Å². The second-order valence-corrected chi connectivity index (χ2v) is 13.8. The topological polar surface area (TPSA) is 171 Å². The number of alkyl halides is 3. The Morgan fingerprint density at radius 1 is 1.00 bits per heavy atom. The van der Waals surface area contributed by atoms with Gasteiger partial charge in [-0.15, -0.1) is 0 Å². The number of Topliss-reactive ketones (excluding diaryl/α,β-unsaturated/α-hetero) is 5. The molecule has 222 valence electrons. The normalized spacial score (nSPS) is 10.5. The highest BCUT2D eigenvalue weighted by atomic mass is 36.0. The van der Waals surface area contributed by atoms with Crippen molar-refractivity contribution in [3.8, 4) is 0 Å². The van der Waals surface area contributed by atoms with Gasteiger partial charge in [-0.2, -0.15) is 13.2 Å². The van der Waals surface area contributed by atoms with Crippen molar-refractivity contribution in [1.82, 2.24) is 9.97 Å². The molecule has 1 amide bonds. The van der Waals surface area contributed by atoms with Crippen molar-refractivity contribution in [2.24, 2.45) is 5.73 Å². The van der Waals surface area contributed by atoms with Crippen molar-refractivity contribution in [2.75, 3.05) is 0 Å². The number of nitrogens with zero attached hydrogens (tertiary/aromatic N) is 2. The van der Waals surface area contributed by atoms with E-state index in [1.807, 2.05) is 0 Å². The largest absolute Gasteiger partial charge is 0.454 e. The summed E-state index contributed by atoms with van der Waals surface area (Å²) in [4.78, 5) is 70.1. The Labute approximate surface area is 242 Å². The summed E-state index contributed by atoms with van der Waals surface area (Å²) in [5, 5.41) is -3.05. The first kappa shape index (κ1) is 43.9. The molecule has 0 aliphatic heterocycles. The van der Waals surface area contributed by atoms with Crippen LogP contribution in [0.2, 0.25) is 5.28 Å². The van der Waals surface area contributed by atoms with Gasteiger partial charge < -0.3 is 5.73 Å². The second-order valence-electron chi connectivity index (χ2n) is 6.85. The predicted octanol–water partition coefficient (Wildman–Crippen LogP) is 6.15. The number of amides is 1. The second kappa shape index (κ2) is 20.7. The molecule has 39 heavy (non-hydrogen) atoms. The van der Waals surface area contributed by atoms with Crippen molar-refractivity contribution in [3.05, 3.63) is 34.4 Å². The molecule has 0 aliphatic carbocycles. The minimum atomic E-state index is -5.13. The lowest BCUT2D eigenvalue weighted by molar-refractivity contribution is -0.167. The number of carbonyl (C=O) groups is 6. The highest BCUT2D eigenvalue weighted by Crippen LogP contribution is 2.61. The van der Waals surface area contributed by atoms with Crippen LogP contribution >= 0.6 is 50.5 Å². The number of rotatable bonds is 7. The summed E-state index contributed by atoms with van der Waals surface area (Å²) in [7, 11) is 0. The van der Waals surface area contributed by atoms with E-state index in [0.29, 0.717) is 17.3 Å². The summed E-state index contributed by atoms with van der Waals surface area (Å²) in [5.74, 6) is -4.42. The Morgan fingerprint density at radius 2 is 1.41 bits per heavy atom. The van der Waals surface area contributed by atoms with Crippen LogP contribution in [0.4, 0.5) is 13.2 Å². The molecule has 0 aromatic carbocycles. The fourth-order valence-corrected chi connectivity index (χ4v) is 2.06. The summed E-state index contributed by atoms with van der Waals surface area (Å²) in [6, 6.07) is 0. The van der Waals surface area contributed by atoms with Crippen molar-refractivity contribution in [3.63, 3.8) is 0 Å². The number of halogens is 7. The first-order valence-electron chi connectivity index (χ1n) is 9.68. The minimum Gasteiger partial charge on any atom is -0.369 e. The van der Waals surface area contributed by atoms with Crippen LogP contribution in [-0.2, 0) is 28.5 Å². The summed E-state index contributed by atoms with van der Waals surface area (Å²) in [6.07, 6.45) is -3.61. The van der Waals surface area contributed by atoms with E-state index in [4.69, 9.17) is 11.6 Å².